The Morgan fingerprint density at radius 2 is 1.90 bits per heavy atom. The second-order valence-corrected chi connectivity index (χ2v) is 8.80. The molecule has 0 radical (unpaired) electrons. The summed E-state index contributed by atoms with van der Waals surface area (Å²) in [6.45, 7) is 3.74. The van der Waals surface area contributed by atoms with Crippen molar-refractivity contribution < 1.29 is 17.7 Å². The first-order chi connectivity index (χ1) is 13.9. The number of nitrogens with zero attached hydrogens (tertiary/aromatic N) is 2. The third-order valence-electron chi connectivity index (χ3n) is 4.59. The van der Waals surface area contributed by atoms with Gasteiger partial charge in [-0.05, 0) is 24.8 Å². The molecule has 0 atom stereocenters. The summed E-state index contributed by atoms with van der Waals surface area (Å²) in [6.07, 6.45) is 2.51. The van der Waals surface area contributed by atoms with Crippen molar-refractivity contribution in [2.75, 3.05) is 18.4 Å². The van der Waals surface area contributed by atoms with Gasteiger partial charge in [0.25, 0.3) is 0 Å². The molecule has 1 heterocycles. The van der Waals surface area contributed by atoms with Crippen LogP contribution in [0.15, 0.2) is 57.9 Å². The number of amides is 1. The zero-order valence-electron chi connectivity index (χ0n) is 16.6. The summed E-state index contributed by atoms with van der Waals surface area (Å²) in [5.41, 5.74) is 0. The number of anilines is 1. The van der Waals surface area contributed by atoms with Gasteiger partial charge in [-0.3, -0.25) is 4.79 Å². The number of hydrogen-bond acceptors (Lipinski definition) is 5. The molecule has 1 amide bonds. The number of unbranched alkanes of at least 4 members (excludes halogenated alkanes) is 2. The SMILES string of the molecule is CCCCCN(CC(=O)Nc1cc(C)on1)S(=O)(=O)c1cccc2ccccc12. The number of benzene rings is 2. The van der Waals surface area contributed by atoms with E-state index >= 15 is 0 Å². The Balaban J connectivity index is 1.88. The molecule has 0 unspecified atom stereocenters. The standard InChI is InChI=1S/C21H25N3O4S/c1-3-4-7-13-24(15-21(25)22-20-14-16(2)28-23-20)29(26,27)19-12-8-10-17-9-5-6-11-18(17)19/h5-6,8-12,14H,3-4,7,13,15H2,1-2H3,(H,22,23,25). The summed E-state index contributed by atoms with van der Waals surface area (Å²) in [4.78, 5) is 12.7. The average molecular weight is 416 g/mol. The molecule has 154 valence electrons. The highest BCUT2D eigenvalue weighted by Crippen LogP contribution is 2.26. The molecule has 1 N–H and O–H groups in total. The van der Waals surface area contributed by atoms with Crippen molar-refractivity contribution in [3.8, 4) is 0 Å². The van der Waals surface area contributed by atoms with Gasteiger partial charge in [-0.15, -0.1) is 0 Å². The molecule has 1 aromatic heterocycles. The molecule has 0 fully saturated rings. The van der Waals surface area contributed by atoms with E-state index in [4.69, 9.17) is 4.52 Å². The normalized spacial score (nSPS) is 11.8. The minimum atomic E-state index is -3.86. The van der Waals surface area contributed by atoms with Crippen LogP contribution in [-0.2, 0) is 14.8 Å². The minimum Gasteiger partial charge on any atom is -0.360 e. The number of aryl methyl sites for hydroxylation is 1. The molecule has 8 heteroatoms. The van der Waals surface area contributed by atoms with E-state index < -0.39 is 15.9 Å². The Kier molecular flexibility index (Phi) is 6.66. The van der Waals surface area contributed by atoms with E-state index in [9.17, 15) is 13.2 Å². The van der Waals surface area contributed by atoms with Crippen molar-refractivity contribution in [2.45, 2.75) is 38.0 Å². The molecular formula is C21H25N3O4S. The van der Waals surface area contributed by atoms with Gasteiger partial charge in [0.2, 0.25) is 15.9 Å². The Morgan fingerprint density at radius 3 is 2.62 bits per heavy atom. The van der Waals surface area contributed by atoms with Crippen molar-refractivity contribution in [2.24, 2.45) is 0 Å². The van der Waals surface area contributed by atoms with Crippen LogP contribution in [0, 0.1) is 6.92 Å². The van der Waals surface area contributed by atoms with Gasteiger partial charge in [-0.1, -0.05) is 61.3 Å². The van der Waals surface area contributed by atoms with Gasteiger partial charge < -0.3 is 9.84 Å². The number of fused-ring (bicyclic) bond motifs is 1. The van der Waals surface area contributed by atoms with Crippen LogP contribution in [0.4, 0.5) is 5.82 Å². The number of carbonyl (C=O) groups is 1. The molecule has 0 bridgehead atoms. The van der Waals surface area contributed by atoms with E-state index in [0.717, 1.165) is 18.2 Å². The smallest absolute Gasteiger partial charge is 0.244 e. The lowest BCUT2D eigenvalue weighted by atomic mass is 10.1. The number of nitrogens with one attached hydrogen (secondary N) is 1. The van der Waals surface area contributed by atoms with Crippen LogP contribution in [0.5, 0.6) is 0 Å². The largest absolute Gasteiger partial charge is 0.360 e. The van der Waals surface area contributed by atoms with E-state index in [1.54, 1.807) is 31.2 Å². The second-order valence-electron chi connectivity index (χ2n) is 6.89. The molecule has 3 aromatic rings. The summed E-state index contributed by atoms with van der Waals surface area (Å²) >= 11 is 0. The number of carbonyl (C=O) groups excluding carboxylic acids is 1. The van der Waals surface area contributed by atoms with Crippen LogP contribution in [0.1, 0.15) is 31.9 Å². The van der Waals surface area contributed by atoms with Gasteiger partial charge >= 0.3 is 0 Å². The molecule has 0 aliphatic rings. The molecule has 0 aliphatic heterocycles. The molecule has 7 nitrogen and oxygen atoms in total. The molecule has 3 rings (SSSR count). The van der Waals surface area contributed by atoms with Crippen LogP contribution < -0.4 is 5.32 Å². The van der Waals surface area contributed by atoms with Crippen LogP contribution in [0.2, 0.25) is 0 Å². The lowest BCUT2D eigenvalue weighted by Crippen LogP contribution is -2.38. The van der Waals surface area contributed by atoms with Crippen molar-refractivity contribution in [3.63, 3.8) is 0 Å². The number of sulfonamides is 1. The van der Waals surface area contributed by atoms with Gasteiger partial charge in [0.05, 0.1) is 11.4 Å². The van der Waals surface area contributed by atoms with E-state index in [2.05, 4.69) is 10.5 Å². The maximum absolute atomic E-state index is 13.4. The van der Waals surface area contributed by atoms with E-state index in [1.165, 1.54) is 4.31 Å². The predicted octanol–water partition coefficient (Wildman–Crippen LogP) is 3.96. The summed E-state index contributed by atoms with van der Waals surface area (Å²) in [5, 5.41) is 7.80. The van der Waals surface area contributed by atoms with Crippen LogP contribution in [-0.4, -0.2) is 36.9 Å². The molecule has 29 heavy (non-hydrogen) atoms. The Bertz CT molecular complexity index is 1090. The zero-order chi connectivity index (χ0) is 20.9. The van der Waals surface area contributed by atoms with E-state index in [1.807, 2.05) is 31.2 Å². The first-order valence-electron chi connectivity index (χ1n) is 9.63. The molecule has 2 aromatic carbocycles. The fourth-order valence-electron chi connectivity index (χ4n) is 3.15. The summed E-state index contributed by atoms with van der Waals surface area (Å²) < 4.78 is 33.1. The van der Waals surface area contributed by atoms with Gasteiger partial charge in [0.15, 0.2) is 5.82 Å². The highest BCUT2D eigenvalue weighted by Gasteiger charge is 2.28. The summed E-state index contributed by atoms with van der Waals surface area (Å²) in [7, 11) is -3.86. The maximum atomic E-state index is 13.4. The lowest BCUT2D eigenvalue weighted by molar-refractivity contribution is -0.116. The second kappa shape index (κ2) is 9.19. The fraction of sp³-hybridized carbons (Fsp3) is 0.333. The molecule has 0 spiro atoms. The first kappa shape index (κ1) is 21.0. The lowest BCUT2D eigenvalue weighted by Gasteiger charge is -2.22. The molecule has 0 saturated carbocycles. The molecule has 0 aliphatic carbocycles. The minimum absolute atomic E-state index is 0.206. The Hall–Kier alpha value is -2.71. The van der Waals surface area contributed by atoms with E-state index in [-0.39, 0.29) is 23.8 Å². The van der Waals surface area contributed by atoms with Gasteiger partial charge in [-0.25, -0.2) is 8.42 Å². The highest BCUT2D eigenvalue weighted by molar-refractivity contribution is 7.89. The Morgan fingerprint density at radius 1 is 1.14 bits per heavy atom. The van der Waals surface area contributed by atoms with Crippen LogP contribution in [0.3, 0.4) is 0 Å². The molecular weight excluding hydrogens is 390 g/mol. The zero-order valence-corrected chi connectivity index (χ0v) is 17.4. The van der Waals surface area contributed by atoms with E-state index in [0.29, 0.717) is 17.6 Å². The van der Waals surface area contributed by atoms with Gasteiger partial charge in [0, 0.05) is 18.0 Å². The molecule has 0 saturated heterocycles. The van der Waals surface area contributed by atoms with Crippen molar-refractivity contribution >= 4 is 32.5 Å². The number of rotatable bonds is 9. The van der Waals surface area contributed by atoms with Crippen molar-refractivity contribution in [3.05, 3.63) is 54.3 Å². The Labute approximate surface area is 170 Å². The first-order valence-corrected chi connectivity index (χ1v) is 11.1. The predicted molar refractivity (Wildman–Crippen MR) is 112 cm³/mol. The summed E-state index contributed by atoms with van der Waals surface area (Å²) in [5.74, 6) is 0.366. The number of aromatic nitrogens is 1. The summed E-state index contributed by atoms with van der Waals surface area (Å²) in [6, 6.07) is 14.1. The average Bonchev–Trinajstić information content (AvgIpc) is 3.11. The monoisotopic (exact) mass is 415 g/mol. The van der Waals surface area contributed by atoms with Crippen molar-refractivity contribution in [1.29, 1.82) is 0 Å². The van der Waals surface area contributed by atoms with Gasteiger partial charge in [-0.2, -0.15) is 4.31 Å². The van der Waals surface area contributed by atoms with Gasteiger partial charge in [0.1, 0.15) is 5.76 Å². The highest BCUT2D eigenvalue weighted by atomic mass is 32.2. The van der Waals surface area contributed by atoms with Crippen molar-refractivity contribution in [1.82, 2.24) is 9.46 Å². The third kappa shape index (κ3) is 5.02. The topological polar surface area (TPSA) is 92.5 Å². The third-order valence-corrected chi connectivity index (χ3v) is 6.50. The number of hydrogen-bond donors (Lipinski definition) is 1. The van der Waals surface area contributed by atoms with Crippen LogP contribution >= 0.6 is 0 Å². The maximum Gasteiger partial charge on any atom is 0.244 e. The van der Waals surface area contributed by atoms with Crippen LogP contribution in [0.25, 0.3) is 10.8 Å². The quantitative estimate of drug-likeness (QED) is 0.534. The fourth-order valence-corrected chi connectivity index (χ4v) is 4.80.